The van der Waals surface area contributed by atoms with E-state index in [4.69, 9.17) is 10.6 Å². The van der Waals surface area contributed by atoms with Crippen molar-refractivity contribution in [3.8, 4) is 0 Å². The Labute approximate surface area is 87.4 Å². The number of ether oxygens (including phenoxy) is 1. The van der Waals surface area contributed by atoms with Crippen LogP contribution in [-0.4, -0.2) is 18.8 Å². The van der Waals surface area contributed by atoms with Crippen LogP contribution in [0.15, 0.2) is 0 Å². The normalized spacial score (nSPS) is 29.8. The Bertz CT molecular complexity index is 161. The molecule has 3 atom stereocenters. The lowest BCUT2D eigenvalue weighted by Crippen LogP contribution is -2.46. The minimum atomic E-state index is 0.318. The maximum atomic E-state index is 5.71. The van der Waals surface area contributed by atoms with Crippen LogP contribution in [0.1, 0.15) is 40.0 Å². The molecular weight excluding hydrogens is 176 g/mol. The lowest BCUT2D eigenvalue weighted by Gasteiger charge is -2.25. The van der Waals surface area contributed by atoms with E-state index in [0.29, 0.717) is 18.1 Å². The first-order valence-corrected chi connectivity index (χ1v) is 5.73. The zero-order valence-electron chi connectivity index (χ0n) is 9.62. The third-order valence-electron chi connectivity index (χ3n) is 3.11. The van der Waals surface area contributed by atoms with Crippen LogP contribution in [0.5, 0.6) is 0 Å². The highest BCUT2D eigenvalue weighted by Crippen LogP contribution is 2.25. The van der Waals surface area contributed by atoms with E-state index >= 15 is 0 Å². The second-order valence-electron chi connectivity index (χ2n) is 4.85. The molecule has 1 aliphatic rings. The van der Waals surface area contributed by atoms with Crippen molar-refractivity contribution in [3.63, 3.8) is 0 Å². The molecular formula is C11H24N2O. The van der Waals surface area contributed by atoms with E-state index in [0.717, 1.165) is 18.9 Å². The van der Waals surface area contributed by atoms with Crippen LogP contribution in [0.4, 0.5) is 0 Å². The van der Waals surface area contributed by atoms with Gasteiger partial charge in [0.05, 0.1) is 6.10 Å². The van der Waals surface area contributed by atoms with Crippen LogP contribution < -0.4 is 11.3 Å². The van der Waals surface area contributed by atoms with Gasteiger partial charge in [0.1, 0.15) is 0 Å². The van der Waals surface area contributed by atoms with Crippen molar-refractivity contribution in [3.05, 3.63) is 0 Å². The van der Waals surface area contributed by atoms with Crippen molar-refractivity contribution >= 4 is 0 Å². The zero-order chi connectivity index (χ0) is 10.6. The molecule has 1 saturated heterocycles. The smallest absolute Gasteiger partial charge is 0.0767 e. The van der Waals surface area contributed by atoms with Gasteiger partial charge in [0, 0.05) is 12.6 Å². The van der Waals surface area contributed by atoms with Gasteiger partial charge >= 0.3 is 0 Å². The predicted molar refractivity (Wildman–Crippen MR) is 58.7 cm³/mol. The van der Waals surface area contributed by atoms with Gasteiger partial charge in [-0.1, -0.05) is 20.8 Å². The highest BCUT2D eigenvalue weighted by Gasteiger charge is 2.31. The van der Waals surface area contributed by atoms with E-state index in [-0.39, 0.29) is 0 Å². The summed E-state index contributed by atoms with van der Waals surface area (Å²) in [6.07, 6.45) is 3.81. The summed E-state index contributed by atoms with van der Waals surface area (Å²) in [5.41, 5.74) is 2.90. The van der Waals surface area contributed by atoms with Gasteiger partial charge in [0.2, 0.25) is 0 Å². The molecule has 0 amide bonds. The predicted octanol–water partition coefficient (Wildman–Crippen LogP) is 1.68. The standard InChI is InChI=1S/C11H24N2O/c1-8(2)4-5-10(13-12)11-9(3)6-7-14-11/h8-11,13H,4-7,12H2,1-3H3. The molecule has 0 aromatic heterocycles. The molecule has 0 aromatic rings. The van der Waals surface area contributed by atoms with E-state index in [9.17, 15) is 0 Å². The third kappa shape index (κ3) is 3.23. The van der Waals surface area contributed by atoms with Crippen LogP contribution in [0.25, 0.3) is 0 Å². The van der Waals surface area contributed by atoms with Gasteiger partial charge in [-0.3, -0.25) is 11.3 Å². The molecule has 1 heterocycles. The summed E-state index contributed by atoms with van der Waals surface area (Å²) in [6.45, 7) is 7.63. The molecule has 84 valence electrons. The Morgan fingerprint density at radius 1 is 1.43 bits per heavy atom. The van der Waals surface area contributed by atoms with Gasteiger partial charge < -0.3 is 4.74 Å². The van der Waals surface area contributed by atoms with Crippen molar-refractivity contribution in [1.29, 1.82) is 0 Å². The average molecular weight is 200 g/mol. The molecule has 0 radical (unpaired) electrons. The van der Waals surface area contributed by atoms with Crippen LogP contribution in [0.2, 0.25) is 0 Å². The van der Waals surface area contributed by atoms with Gasteiger partial charge in [-0.2, -0.15) is 0 Å². The van der Waals surface area contributed by atoms with Gasteiger partial charge in [0.15, 0.2) is 0 Å². The highest BCUT2D eigenvalue weighted by atomic mass is 16.5. The maximum Gasteiger partial charge on any atom is 0.0767 e. The lowest BCUT2D eigenvalue weighted by atomic mass is 9.93. The summed E-state index contributed by atoms with van der Waals surface area (Å²) in [5.74, 6) is 6.95. The molecule has 0 saturated carbocycles. The van der Waals surface area contributed by atoms with E-state index < -0.39 is 0 Å². The minimum absolute atomic E-state index is 0.318. The molecule has 14 heavy (non-hydrogen) atoms. The lowest BCUT2D eigenvalue weighted by molar-refractivity contribution is 0.0566. The number of nitrogens with one attached hydrogen (secondary N) is 1. The van der Waals surface area contributed by atoms with Crippen molar-refractivity contribution in [2.45, 2.75) is 52.2 Å². The number of hydrogen-bond acceptors (Lipinski definition) is 3. The first kappa shape index (κ1) is 12.0. The van der Waals surface area contributed by atoms with Gasteiger partial charge in [0.25, 0.3) is 0 Å². The maximum absolute atomic E-state index is 5.71. The van der Waals surface area contributed by atoms with Crippen molar-refractivity contribution in [1.82, 2.24) is 5.43 Å². The first-order chi connectivity index (χ1) is 6.65. The van der Waals surface area contributed by atoms with Crippen molar-refractivity contribution in [2.75, 3.05) is 6.61 Å². The molecule has 1 rings (SSSR count). The second kappa shape index (κ2) is 5.69. The molecule has 0 spiro atoms. The molecule has 0 bridgehead atoms. The van der Waals surface area contributed by atoms with Gasteiger partial charge in [-0.05, 0) is 31.1 Å². The Balaban J connectivity index is 2.36. The number of hydrogen-bond donors (Lipinski definition) is 2. The van der Waals surface area contributed by atoms with Crippen LogP contribution in [-0.2, 0) is 4.74 Å². The van der Waals surface area contributed by atoms with E-state index in [1.54, 1.807) is 0 Å². The minimum Gasteiger partial charge on any atom is -0.376 e. The number of nitrogens with two attached hydrogens (primary N) is 1. The molecule has 0 aromatic carbocycles. The zero-order valence-corrected chi connectivity index (χ0v) is 9.62. The summed E-state index contributed by atoms with van der Waals surface area (Å²) in [7, 11) is 0. The summed E-state index contributed by atoms with van der Waals surface area (Å²) in [4.78, 5) is 0. The fourth-order valence-corrected chi connectivity index (χ4v) is 2.09. The Kier molecular flexibility index (Phi) is 4.85. The van der Waals surface area contributed by atoms with E-state index in [1.165, 1.54) is 12.8 Å². The molecule has 1 fully saturated rings. The molecule has 3 N–H and O–H groups in total. The molecule has 3 nitrogen and oxygen atoms in total. The highest BCUT2D eigenvalue weighted by molar-refractivity contribution is 4.83. The quantitative estimate of drug-likeness (QED) is 0.524. The Morgan fingerprint density at radius 3 is 2.57 bits per heavy atom. The first-order valence-electron chi connectivity index (χ1n) is 5.73. The molecule has 3 heteroatoms. The number of hydrazine groups is 1. The van der Waals surface area contributed by atoms with Gasteiger partial charge in [-0.15, -0.1) is 0 Å². The molecule has 1 aliphatic heterocycles. The van der Waals surface area contributed by atoms with E-state index in [2.05, 4.69) is 26.2 Å². The number of rotatable bonds is 5. The summed E-state index contributed by atoms with van der Waals surface area (Å²) < 4.78 is 5.71. The molecule has 3 unspecified atom stereocenters. The fourth-order valence-electron chi connectivity index (χ4n) is 2.09. The molecule has 0 aliphatic carbocycles. The largest absolute Gasteiger partial charge is 0.376 e. The Hall–Kier alpha value is -0.120. The van der Waals surface area contributed by atoms with Crippen molar-refractivity contribution in [2.24, 2.45) is 17.7 Å². The van der Waals surface area contributed by atoms with Crippen LogP contribution in [0, 0.1) is 11.8 Å². The van der Waals surface area contributed by atoms with E-state index in [1.807, 2.05) is 0 Å². The Morgan fingerprint density at radius 2 is 2.14 bits per heavy atom. The second-order valence-corrected chi connectivity index (χ2v) is 4.85. The third-order valence-corrected chi connectivity index (χ3v) is 3.11. The SMILES string of the molecule is CC(C)CCC(NN)C1OCCC1C. The monoisotopic (exact) mass is 200 g/mol. The summed E-state index contributed by atoms with van der Waals surface area (Å²) in [5, 5.41) is 0. The van der Waals surface area contributed by atoms with Crippen LogP contribution >= 0.6 is 0 Å². The summed E-state index contributed by atoms with van der Waals surface area (Å²) in [6, 6.07) is 0.329. The van der Waals surface area contributed by atoms with Gasteiger partial charge in [-0.25, -0.2) is 0 Å². The van der Waals surface area contributed by atoms with Crippen molar-refractivity contribution < 1.29 is 4.74 Å². The van der Waals surface area contributed by atoms with Crippen LogP contribution in [0.3, 0.4) is 0 Å². The average Bonchev–Trinajstić information content (AvgIpc) is 2.53. The summed E-state index contributed by atoms with van der Waals surface area (Å²) >= 11 is 0. The topological polar surface area (TPSA) is 47.3 Å². The fraction of sp³-hybridized carbons (Fsp3) is 1.00.